The van der Waals surface area contributed by atoms with Gasteiger partial charge in [0.2, 0.25) is 5.91 Å². The first-order chi connectivity index (χ1) is 17.9. The Kier molecular flexibility index (Phi) is 8.58. The van der Waals surface area contributed by atoms with Crippen molar-refractivity contribution in [2.24, 2.45) is 0 Å². The highest BCUT2D eigenvalue weighted by molar-refractivity contribution is 5.94. The van der Waals surface area contributed by atoms with Crippen molar-refractivity contribution in [3.63, 3.8) is 0 Å². The molecule has 1 aliphatic rings. The zero-order valence-electron chi connectivity index (χ0n) is 21.7. The van der Waals surface area contributed by atoms with Crippen LogP contribution in [-0.2, 0) is 17.9 Å². The molecule has 2 amide bonds. The van der Waals surface area contributed by atoms with Crippen molar-refractivity contribution in [3.05, 3.63) is 80.5 Å². The van der Waals surface area contributed by atoms with Crippen LogP contribution in [0.5, 0.6) is 0 Å². The van der Waals surface area contributed by atoms with E-state index in [1.54, 1.807) is 53.4 Å². The first-order valence-electron chi connectivity index (χ1n) is 13.3. The largest absolute Gasteiger partial charge is 0.349 e. The van der Waals surface area contributed by atoms with E-state index in [9.17, 15) is 19.2 Å². The number of fused-ring (bicyclic) bond motifs is 1. The topological polar surface area (TPSA) is 93.4 Å². The molecule has 2 aromatic carbocycles. The molecule has 1 N–H and O–H groups in total. The monoisotopic (exact) mass is 504 g/mol. The molecule has 1 aromatic heterocycles. The van der Waals surface area contributed by atoms with Crippen molar-refractivity contribution in [2.45, 2.75) is 71.5 Å². The van der Waals surface area contributed by atoms with Crippen molar-refractivity contribution in [3.8, 4) is 0 Å². The summed E-state index contributed by atoms with van der Waals surface area (Å²) in [5, 5.41) is 3.46. The van der Waals surface area contributed by atoms with Crippen LogP contribution >= 0.6 is 0 Å². The van der Waals surface area contributed by atoms with Gasteiger partial charge in [-0.1, -0.05) is 51.0 Å². The number of hydrogen-bond acceptors (Lipinski definition) is 4. The lowest BCUT2D eigenvalue weighted by Gasteiger charge is -2.23. The SMILES string of the molecule is CCCN(CCC)C(=O)Cn1c(=O)n(Cc2ccc(C(=O)NC3CCCC3)cc2)c(=O)c2ccccc21. The number of hydrogen-bond donors (Lipinski definition) is 1. The maximum atomic E-state index is 13.5. The van der Waals surface area contributed by atoms with E-state index in [1.165, 1.54) is 9.13 Å². The normalized spacial score (nSPS) is 13.7. The summed E-state index contributed by atoms with van der Waals surface area (Å²) < 4.78 is 2.58. The zero-order valence-corrected chi connectivity index (χ0v) is 21.7. The van der Waals surface area contributed by atoms with E-state index in [0.29, 0.717) is 29.6 Å². The van der Waals surface area contributed by atoms with E-state index in [2.05, 4.69) is 5.32 Å². The molecule has 1 aliphatic carbocycles. The minimum absolute atomic E-state index is 0.0504. The van der Waals surface area contributed by atoms with Gasteiger partial charge in [0.25, 0.3) is 11.5 Å². The van der Waals surface area contributed by atoms with Gasteiger partial charge in [-0.3, -0.25) is 23.5 Å². The van der Waals surface area contributed by atoms with Crippen LogP contribution < -0.4 is 16.6 Å². The number of carbonyl (C=O) groups is 2. The number of para-hydroxylation sites is 1. The molecule has 0 atom stereocenters. The molecular formula is C29H36N4O4. The third-order valence-corrected chi connectivity index (χ3v) is 7.01. The molecule has 0 saturated heterocycles. The van der Waals surface area contributed by atoms with E-state index in [-0.39, 0.29) is 30.9 Å². The van der Waals surface area contributed by atoms with Crippen molar-refractivity contribution >= 4 is 22.7 Å². The van der Waals surface area contributed by atoms with Gasteiger partial charge < -0.3 is 10.2 Å². The smallest absolute Gasteiger partial charge is 0.332 e. The van der Waals surface area contributed by atoms with Gasteiger partial charge in [0.05, 0.1) is 17.4 Å². The van der Waals surface area contributed by atoms with Crippen molar-refractivity contribution in [2.75, 3.05) is 13.1 Å². The molecule has 1 fully saturated rings. The van der Waals surface area contributed by atoms with Gasteiger partial charge in [-0.25, -0.2) is 4.79 Å². The van der Waals surface area contributed by atoms with Gasteiger partial charge in [-0.2, -0.15) is 0 Å². The second kappa shape index (κ2) is 12.0. The van der Waals surface area contributed by atoms with Crippen LogP contribution in [0.2, 0.25) is 0 Å². The molecule has 1 saturated carbocycles. The molecule has 0 radical (unpaired) electrons. The van der Waals surface area contributed by atoms with E-state index in [4.69, 9.17) is 0 Å². The van der Waals surface area contributed by atoms with Gasteiger partial charge >= 0.3 is 5.69 Å². The third kappa shape index (κ3) is 6.01. The molecule has 0 unspecified atom stereocenters. The van der Waals surface area contributed by atoms with Crippen LogP contribution in [0.25, 0.3) is 10.9 Å². The number of carbonyl (C=O) groups excluding carboxylic acids is 2. The lowest BCUT2D eigenvalue weighted by molar-refractivity contribution is -0.131. The number of benzene rings is 2. The lowest BCUT2D eigenvalue weighted by atomic mass is 10.1. The van der Waals surface area contributed by atoms with Crippen LogP contribution in [0.15, 0.2) is 58.1 Å². The van der Waals surface area contributed by atoms with E-state index in [0.717, 1.165) is 44.1 Å². The second-order valence-corrected chi connectivity index (χ2v) is 9.81. The quantitative estimate of drug-likeness (QED) is 0.457. The van der Waals surface area contributed by atoms with Gasteiger partial charge in [-0.15, -0.1) is 0 Å². The Labute approximate surface area is 216 Å². The molecule has 0 spiro atoms. The van der Waals surface area contributed by atoms with Crippen molar-refractivity contribution in [1.29, 1.82) is 0 Å². The number of amides is 2. The summed E-state index contributed by atoms with van der Waals surface area (Å²) in [6.07, 6.45) is 5.97. The highest BCUT2D eigenvalue weighted by atomic mass is 16.2. The molecule has 4 rings (SSSR count). The van der Waals surface area contributed by atoms with Gasteiger partial charge in [0.1, 0.15) is 6.54 Å². The summed E-state index contributed by atoms with van der Waals surface area (Å²) in [6.45, 7) is 5.21. The van der Waals surface area contributed by atoms with E-state index in [1.807, 2.05) is 13.8 Å². The van der Waals surface area contributed by atoms with Gasteiger partial charge in [0.15, 0.2) is 0 Å². The molecular weight excluding hydrogens is 468 g/mol. The fourth-order valence-corrected chi connectivity index (χ4v) is 5.08. The fraction of sp³-hybridized carbons (Fsp3) is 0.448. The summed E-state index contributed by atoms with van der Waals surface area (Å²) >= 11 is 0. The first-order valence-corrected chi connectivity index (χ1v) is 13.3. The van der Waals surface area contributed by atoms with Crippen LogP contribution in [0.4, 0.5) is 0 Å². The molecule has 3 aromatic rings. The Morgan fingerprint density at radius 3 is 2.22 bits per heavy atom. The predicted molar refractivity (Wildman–Crippen MR) is 145 cm³/mol. The van der Waals surface area contributed by atoms with Crippen LogP contribution in [0.1, 0.15) is 68.3 Å². The van der Waals surface area contributed by atoms with E-state index < -0.39 is 11.2 Å². The van der Waals surface area contributed by atoms with Gasteiger partial charge in [0, 0.05) is 24.7 Å². The number of rotatable bonds is 10. The summed E-state index contributed by atoms with van der Waals surface area (Å²) in [7, 11) is 0. The summed E-state index contributed by atoms with van der Waals surface area (Å²) in [6, 6.07) is 14.1. The lowest BCUT2D eigenvalue weighted by Crippen LogP contribution is -2.44. The average molecular weight is 505 g/mol. The number of aromatic nitrogens is 2. The minimum Gasteiger partial charge on any atom is -0.349 e. The Hall–Kier alpha value is -3.68. The molecule has 0 aliphatic heterocycles. The Morgan fingerprint density at radius 2 is 1.57 bits per heavy atom. The molecule has 1 heterocycles. The standard InChI is InChI=1S/C29H36N4O4/c1-3-17-31(18-4-2)26(34)20-32-25-12-8-7-11-24(25)28(36)33(29(32)37)19-21-13-15-22(16-14-21)27(35)30-23-9-5-6-10-23/h7-8,11-16,23H,3-6,9-10,17-20H2,1-2H3,(H,30,35). The van der Waals surface area contributed by atoms with Crippen molar-refractivity contribution in [1.82, 2.24) is 19.4 Å². The highest BCUT2D eigenvalue weighted by Gasteiger charge is 2.20. The molecule has 8 nitrogen and oxygen atoms in total. The Balaban J connectivity index is 1.63. The molecule has 0 bridgehead atoms. The Bertz CT molecular complexity index is 1360. The Morgan fingerprint density at radius 1 is 0.919 bits per heavy atom. The molecule has 8 heteroatoms. The second-order valence-electron chi connectivity index (χ2n) is 9.81. The third-order valence-electron chi connectivity index (χ3n) is 7.01. The maximum absolute atomic E-state index is 13.5. The minimum atomic E-state index is -0.520. The maximum Gasteiger partial charge on any atom is 0.332 e. The summed E-state index contributed by atoms with van der Waals surface area (Å²) in [5.41, 5.74) is 0.813. The predicted octanol–water partition coefficient (Wildman–Crippen LogP) is 3.53. The number of nitrogens with zero attached hydrogens (tertiary/aromatic N) is 3. The van der Waals surface area contributed by atoms with Crippen LogP contribution in [-0.4, -0.2) is 45.0 Å². The van der Waals surface area contributed by atoms with Crippen LogP contribution in [0.3, 0.4) is 0 Å². The zero-order chi connectivity index (χ0) is 26.4. The molecule has 196 valence electrons. The summed E-state index contributed by atoms with van der Waals surface area (Å²) in [4.78, 5) is 54.3. The number of nitrogens with one attached hydrogen (secondary N) is 1. The fourth-order valence-electron chi connectivity index (χ4n) is 5.08. The molecule has 37 heavy (non-hydrogen) atoms. The van der Waals surface area contributed by atoms with Crippen LogP contribution in [0, 0.1) is 0 Å². The summed E-state index contributed by atoms with van der Waals surface area (Å²) in [5.74, 6) is -0.246. The first kappa shape index (κ1) is 26.4. The van der Waals surface area contributed by atoms with E-state index >= 15 is 0 Å². The van der Waals surface area contributed by atoms with Crippen molar-refractivity contribution < 1.29 is 9.59 Å². The highest BCUT2D eigenvalue weighted by Crippen LogP contribution is 2.18. The average Bonchev–Trinajstić information content (AvgIpc) is 3.42. The van der Waals surface area contributed by atoms with Gasteiger partial charge in [-0.05, 0) is 55.5 Å².